The average Bonchev–Trinajstić information content (AvgIpc) is 2.76. The zero-order valence-corrected chi connectivity index (χ0v) is 12.9. The smallest absolute Gasteiger partial charge is 0.138 e. The summed E-state index contributed by atoms with van der Waals surface area (Å²) in [7, 11) is 0. The third-order valence-corrected chi connectivity index (χ3v) is 4.72. The van der Waals surface area contributed by atoms with Crippen molar-refractivity contribution < 1.29 is 4.39 Å². The molecule has 0 spiro atoms. The molecule has 0 saturated carbocycles. The molecule has 0 aliphatic carbocycles. The molecule has 1 aromatic heterocycles. The summed E-state index contributed by atoms with van der Waals surface area (Å²) in [5, 5.41) is 3.10. The number of aromatic nitrogens is 1. The van der Waals surface area contributed by atoms with E-state index in [1.165, 1.54) is 17.8 Å². The van der Waals surface area contributed by atoms with Crippen LogP contribution in [0, 0.1) is 5.82 Å². The minimum Gasteiger partial charge on any atom is -0.399 e. The number of rotatable bonds is 3. The Morgan fingerprint density at radius 3 is 2.68 bits per heavy atom. The minimum absolute atomic E-state index is 0.0614. The van der Waals surface area contributed by atoms with Gasteiger partial charge in [0.15, 0.2) is 0 Å². The monoisotopic (exact) mass is 296 g/mol. The number of hydrogen-bond donors (Lipinski definition) is 1. The van der Waals surface area contributed by atoms with E-state index in [0.717, 1.165) is 10.7 Å². The minimum atomic E-state index is -0.266. The highest BCUT2D eigenvalue weighted by molar-refractivity contribution is 7.98. The van der Waals surface area contributed by atoms with Crippen LogP contribution >= 0.6 is 23.1 Å². The fourth-order valence-corrected chi connectivity index (χ4v) is 3.45. The van der Waals surface area contributed by atoms with Gasteiger partial charge in [-0.3, -0.25) is 0 Å². The van der Waals surface area contributed by atoms with Crippen LogP contribution in [0.3, 0.4) is 0 Å². The molecular formula is C14H17FN2S2. The van der Waals surface area contributed by atoms with Gasteiger partial charge in [0, 0.05) is 21.4 Å². The second-order valence-electron chi connectivity index (χ2n) is 5.36. The van der Waals surface area contributed by atoms with Gasteiger partial charge >= 0.3 is 0 Å². The molecule has 0 amide bonds. The third kappa shape index (κ3) is 3.70. The van der Waals surface area contributed by atoms with E-state index in [1.54, 1.807) is 23.5 Å². The van der Waals surface area contributed by atoms with Crippen LogP contribution in [0.25, 0.3) is 0 Å². The Balaban J connectivity index is 2.04. The lowest BCUT2D eigenvalue weighted by molar-refractivity contribution is 0.571. The Hall–Kier alpha value is -1.07. The second kappa shape index (κ2) is 5.51. The van der Waals surface area contributed by atoms with Crippen LogP contribution in [0.2, 0.25) is 0 Å². The molecule has 2 N–H and O–H groups in total. The van der Waals surface area contributed by atoms with Crippen molar-refractivity contribution in [3.05, 3.63) is 40.1 Å². The Bertz CT molecular complexity index is 573. The predicted octanol–water partition coefficient (Wildman–Crippen LogP) is 4.45. The Morgan fingerprint density at radius 1 is 1.37 bits per heavy atom. The second-order valence-corrected chi connectivity index (χ2v) is 7.31. The maximum atomic E-state index is 13.6. The van der Waals surface area contributed by atoms with Crippen LogP contribution in [-0.2, 0) is 11.2 Å². The molecule has 19 heavy (non-hydrogen) atoms. The molecule has 0 aliphatic heterocycles. The Kier molecular flexibility index (Phi) is 4.16. The van der Waals surface area contributed by atoms with Gasteiger partial charge in [0.2, 0.25) is 0 Å². The molecule has 0 aliphatic rings. The molecule has 2 rings (SSSR count). The van der Waals surface area contributed by atoms with Crippen molar-refractivity contribution >= 4 is 28.8 Å². The summed E-state index contributed by atoms with van der Waals surface area (Å²) in [5.74, 6) is 0.416. The van der Waals surface area contributed by atoms with Gasteiger partial charge in [0.25, 0.3) is 0 Å². The van der Waals surface area contributed by atoms with Crippen molar-refractivity contribution in [1.29, 1.82) is 0 Å². The lowest BCUT2D eigenvalue weighted by atomic mass is 9.93. The molecule has 0 atom stereocenters. The maximum Gasteiger partial charge on any atom is 0.138 e. The maximum absolute atomic E-state index is 13.6. The number of thioether (sulfide) groups is 1. The molecule has 0 saturated heterocycles. The van der Waals surface area contributed by atoms with E-state index in [9.17, 15) is 4.39 Å². The van der Waals surface area contributed by atoms with Crippen LogP contribution in [0.1, 0.15) is 31.5 Å². The first-order valence-electron chi connectivity index (χ1n) is 5.99. The summed E-state index contributed by atoms with van der Waals surface area (Å²) in [6, 6.07) is 4.78. The number of hydrogen-bond acceptors (Lipinski definition) is 4. The van der Waals surface area contributed by atoms with Crippen molar-refractivity contribution in [3.8, 4) is 0 Å². The summed E-state index contributed by atoms with van der Waals surface area (Å²) < 4.78 is 13.6. The largest absolute Gasteiger partial charge is 0.399 e. The highest BCUT2D eigenvalue weighted by Gasteiger charge is 2.17. The van der Waals surface area contributed by atoms with E-state index in [-0.39, 0.29) is 11.2 Å². The van der Waals surface area contributed by atoms with Gasteiger partial charge in [-0.05, 0) is 18.2 Å². The number of nitrogen functional groups attached to an aromatic ring is 1. The average molecular weight is 296 g/mol. The summed E-state index contributed by atoms with van der Waals surface area (Å²) >= 11 is 3.08. The number of anilines is 1. The fourth-order valence-electron chi connectivity index (χ4n) is 1.50. The number of nitrogens with zero attached hydrogens (tertiary/aromatic N) is 1. The van der Waals surface area contributed by atoms with Gasteiger partial charge < -0.3 is 5.73 Å². The molecule has 5 heteroatoms. The van der Waals surface area contributed by atoms with E-state index in [0.29, 0.717) is 16.3 Å². The first-order chi connectivity index (χ1) is 8.86. The van der Waals surface area contributed by atoms with Crippen molar-refractivity contribution in [2.45, 2.75) is 36.8 Å². The third-order valence-electron chi connectivity index (χ3n) is 2.63. The zero-order chi connectivity index (χ0) is 14.0. The molecule has 1 aromatic carbocycles. The fraction of sp³-hybridized carbons (Fsp3) is 0.357. The summed E-state index contributed by atoms with van der Waals surface area (Å²) in [6.45, 7) is 6.41. The number of benzene rings is 1. The Labute approximate surface area is 121 Å². The van der Waals surface area contributed by atoms with Crippen molar-refractivity contribution in [3.63, 3.8) is 0 Å². The van der Waals surface area contributed by atoms with Gasteiger partial charge in [-0.15, -0.1) is 23.1 Å². The number of thiazole rings is 1. The van der Waals surface area contributed by atoms with Crippen LogP contribution in [-0.4, -0.2) is 4.98 Å². The van der Waals surface area contributed by atoms with Crippen LogP contribution < -0.4 is 5.73 Å². The molecule has 0 unspecified atom stereocenters. The summed E-state index contributed by atoms with van der Waals surface area (Å²) in [5.41, 5.74) is 7.13. The van der Waals surface area contributed by atoms with E-state index in [1.807, 2.05) is 0 Å². The first kappa shape index (κ1) is 14.3. The highest BCUT2D eigenvalue weighted by atomic mass is 32.2. The summed E-state index contributed by atoms with van der Waals surface area (Å²) in [6.07, 6.45) is 0. The van der Waals surface area contributed by atoms with Crippen LogP contribution in [0.5, 0.6) is 0 Å². The lowest BCUT2D eigenvalue weighted by Crippen LogP contribution is -2.11. The van der Waals surface area contributed by atoms with Gasteiger partial charge in [0.1, 0.15) is 10.8 Å². The predicted molar refractivity (Wildman–Crippen MR) is 81.2 cm³/mol. The molecule has 0 radical (unpaired) electrons. The quantitative estimate of drug-likeness (QED) is 0.671. The molecule has 0 fully saturated rings. The number of halogens is 1. The SMILES string of the molecule is CC(C)(C)c1csc(CSc2ccc(N)cc2F)n1. The van der Waals surface area contributed by atoms with Gasteiger partial charge in [-0.1, -0.05) is 20.8 Å². The normalized spacial score (nSPS) is 11.8. The van der Waals surface area contributed by atoms with Gasteiger partial charge in [-0.2, -0.15) is 0 Å². The van der Waals surface area contributed by atoms with E-state index < -0.39 is 0 Å². The number of nitrogens with two attached hydrogens (primary N) is 1. The van der Waals surface area contributed by atoms with Crippen LogP contribution in [0.4, 0.5) is 10.1 Å². The summed E-state index contributed by atoms with van der Waals surface area (Å²) in [4.78, 5) is 5.21. The Morgan fingerprint density at radius 2 is 2.11 bits per heavy atom. The zero-order valence-electron chi connectivity index (χ0n) is 11.2. The van der Waals surface area contributed by atoms with Gasteiger partial charge in [0.05, 0.1) is 11.4 Å². The molecule has 1 heterocycles. The van der Waals surface area contributed by atoms with E-state index in [4.69, 9.17) is 5.73 Å². The van der Waals surface area contributed by atoms with Crippen molar-refractivity contribution in [1.82, 2.24) is 4.98 Å². The lowest BCUT2D eigenvalue weighted by Gasteiger charge is -2.14. The van der Waals surface area contributed by atoms with E-state index in [2.05, 4.69) is 31.1 Å². The molecular weight excluding hydrogens is 279 g/mol. The van der Waals surface area contributed by atoms with Crippen LogP contribution in [0.15, 0.2) is 28.5 Å². The van der Waals surface area contributed by atoms with Crippen molar-refractivity contribution in [2.75, 3.05) is 5.73 Å². The van der Waals surface area contributed by atoms with Gasteiger partial charge in [-0.25, -0.2) is 9.37 Å². The standard InChI is InChI=1S/C14H17FN2S2/c1-14(2,3)12-7-19-13(17-12)8-18-11-5-4-9(16)6-10(11)15/h4-7H,8,16H2,1-3H3. The molecule has 2 aromatic rings. The molecule has 0 bridgehead atoms. The molecule has 102 valence electrons. The first-order valence-corrected chi connectivity index (χ1v) is 7.85. The van der Waals surface area contributed by atoms with Crippen molar-refractivity contribution in [2.24, 2.45) is 0 Å². The highest BCUT2D eigenvalue weighted by Crippen LogP contribution is 2.30. The van der Waals surface area contributed by atoms with E-state index >= 15 is 0 Å². The topological polar surface area (TPSA) is 38.9 Å². The molecule has 2 nitrogen and oxygen atoms in total.